The molecule has 0 amide bonds. The summed E-state index contributed by atoms with van der Waals surface area (Å²) in [7, 11) is 0. The van der Waals surface area contributed by atoms with E-state index in [0.717, 1.165) is 0 Å². The molecular formula is C11H11Cl2N3O2. The zero-order chi connectivity index (χ0) is 13.5. The van der Waals surface area contributed by atoms with Gasteiger partial charge in [0.1, 0.15) is 11.1 Å². The van der Waals surface area contributed by atoms with Gasteiger partial charge in [-0.2, -0.15) is 0 Å². The minimum atomic E-state index is -0.590. The summed E-state index contributed by atoms with van der Waals surface area (Å²) >= 11 is 11.6. The summed E-state index contributed by atoms with van der Waals surface area (Å²) in [6.07, 6.45) is 0.987. The van der Waals surface area contributed by atoms with Gasteiger partial charge in [0.2, 0.25) is 5.28 Å². The van der Waals surface area contributed by atoms with Crippen LogP contribution in [0.3, 0.4) is 0 Å². The number of ether oxygens (including phenoxy) is 1. The molecule has 0 atom stereocenters. The molecule has 0 aliphatic rings. The van der Waals surface area contributed by atoms with Crippen LogP contribution in [0.4, 0.5) is 4.79 Å². The minimum Gasteiger partial charge on any atom is -0.443 e. The van der Waals surface area contributed by atoms with Crippen LogP contribution < -0.4 is 0 Å². The largest absolute Gasteiger partial charge is 0.443 e. The second-order valence-electron chi connectivity index (χ2n) is 4.68. The van der Waals surface area contributed by atoms with Crippen LogP contribution in [-0.2, 0) is 4.74 Å². The molecule has 0 bridgehead atoms. The van der Waals surface area contributed by atoms with Gasteiger partial charge < -0.3 is 4.74 Å². The second kappa shape index (κ2) is 4.40. The van der Waals surface area contributed by atoms with Gasteiger partial charge in [0.15, 0.2) is 5.15 Å². The third kappa shape index (κ3) is 2.57. The maximum atomic E-state index is 12.0. The number of rotatable bonds is 0. The summed E-state index contributed by atoms with van der Waals surface area (Å²) in [6, 6.07) is 1.62. The van der Waals surface area contributed by atoms with Crippen molar-refractivity contribution in [3.05, 3.63) is 22.7 Å². The van der Waals surface area contributed by atoms with Crippen LogP contribution in [0.25, 0.3) is 11.0 Å². The van der Waals surface area contributed by atoms with E-state index in [0.29, 0.717) is 11.0 Å². The first-order valence-electron chi connectivity index (χ1n) is 5.21. The molecule has 0 unspecified atom stereocenters. The predicted molar refractivity (Wildman–Crippen MR) is 69.2 cm³/mol. The molecule has 0 aliphatic carbocycles. The lowest BCUT2D eigenvalue weighted by molar-refractivity contribution is 0.0544. The standard InChI is InChI=1S/C11H11Cl2N3O2/c1-11(2,3)18-10(17)16-5-4-6-7(16)8(12)15-9(13)14-6/h4-5H,1-3H3. The van der Waals surface area contributed by atoms with Crippen LogP contribution in [0.1, 0.15) is 20.8 Å². The Labute approximate surface area is 114 Å². The number of hydrogen-bond donors (Lipinski definition) is 0. The molecule has 0 aliphatic heterocycles. The van der Waals surface area contributed by atoms with Crippen molar-refractivity contribution in [3.8, 4) is 0 Å². The van der Waals surface area contributed by atoms with Crippen LogP contribution in [0, 0.1) is 0 Å². The van der Waals surface area contributed by atoms with E-state index in [2.05, 4.69) is 9.97 Å². The van der Waals surface area contributed by atoms with E-state index in [1.807, 2.05) is 0 Å². The Morgan fingerprint density at radius 3 is 2.61 bits per heavy atom. The smallest absolute Gasteiger partial charge is 0.419 e. The van der Waals surface area contributed by atoms with Gasteiger partial charge in [0.25, 0.3) is 0 Å². The quantitative estimate of drug-likeness (QED) is 0.549. The molecule has 0 saturated heterocycles. The van der Waals surface area contributed by atoms with Crippen LogP contribution in [0.2, 0.25) is 10.4 Å². The van der Waals surface area contributed by atoms with Crippen LogP contribution in [-0.4, -0.2) is 26.2 Å². The molecule has 0 spiro atoms. The number of halogens is 2. The molecule has 0 saturated carbocycles. The van der Waals surface area contributed by atoms with Crippen LogP contribution in [0.15, 0.2) is 12.3 Å². The average Bonchev–Trinajstić information content (AvgIpc) is 2.58. The van der Waals surface area contributed by atoms with Crippen molar-refractivity contribution in [1.82, 2.24) is 14.5 Å². The van der Waals surface area contributed by atoms with Crippen molar-refractivity contribution in [1.29, 1.82) is 0 Å². The molecule has 18 heavy (non-hydrogen) atoms. The molecule has 2 aromatic rings. The fourth-order valence-electron chi connectivity index (χ4n) is 1.44. The first-order chi connectivity index (χ1) is 8.28. The number of carbonyl (C=O) groups excluding carboxylic acids is 1. The number of hydrogen-bond acceptors (Lipinski definition) is 4. The Bertz CT molecular complexity index is 617. The SMILES string of the molecule is CC(C)(C)OC(=O)n1ccc2nc(Cl)nc(Cl)c21. The van der Waals surface area contributed by atoms with E-state index in [-0.39, 0.29) is 10.4 Å². The fourth-order valence-corrected chi connectivity index (χ4v) is 1.93. The molecule has 0 N–H and O–H groups in total. The van der Waals surface area contributed by atoms with Gasteiger partial charge >= 0.3 is 6.09 Å². The topological polar surface area (TPSA) is 57.0 Å². The van der Waals surface area contributed by atoms with Crippen molar-refractivity contribution in [2.75, 3.05) is 0 Å². The zero-order valence-corrected chi connectivity index (χ0v) is 11.6. The van der Waals surface area contributed by atoms with Gasteiger partial charge in [0.05, 0.1) is 5.52 Å². The third-order valence-electron chi connectivity index (χ3n) is 2.05. The lowest BCUT2D eigenvalue weighted by Gasteiger charge is -2.19. The molecule has 2 rings (SSSR count). The van der Waals surface area contributed by atoms with Crippen LogP contribution >= 0.6 is 23.2 Å². The fraction of sp³-hybridized carbons (Fsp3) is 0.364. The van der Waals surface area contributed by atoms with Gasteiger partial charge in [-0.25, -0.2) is 19.3 Å². The van der Waals surface area contributed by atoms with Gasteiger partial charge in [-0.05, 0) is 38.4 Å². The molecule has 0 aromatic carbocycles. The highest BCUT2D eigenvalue weighted by molar-refractivity contribution is 6.35. The zero-order valence-electron chi connectivity index (χ0n) is 10.1. The van der Waals surface area contributed by atoms with Crippen molar-refractivity contribution >= 4 is 40.3 Å². The van der Waals surface area contributed by atoms with Crippen molar-refractivity contribution in [3.63, 3.8) is 0 Å². The van der Waals surface area contributed by atoms with Gasteiger partial charge in [-0.3, -0.25) is 0 Å². The summed E-state index contributed by atoms with van der Waals surface area (Å²) in [5.74, 6) is 0. The Morgan fingerprint density at radius 1 is 1.33 bits per heavy atom. The maximum absolute atomic E-state index is 12.0. The molecular weight excluding hydrogens is 277 g/mol. The lowest BCUT2D eigenvalue weighted by atomic mass is 10.2. The third-order valence-corrected chi connectivity index (χ3v) is 2.49. The lowest BCUT2D eigenvalue weighted by Crippen LogP contribution is -2.26. The average molecular weight is 288 g/mol. The Hall–Kier alpha value is -1.33. The highest BCUT2D eigenvalue weighted by atomic mass is 35.5. The van der Waals surface area contributed by atoms with E-state index >= 15 is 0 Å². The van der Waals surface area contributed by atoms with Crippen molar-refractivity contribution < 1.29 is 9.53 Å². The van der Waals surface area contributed by atoms with E-state index in [1.165, 1.54) is 10.8 Å². The Balaban J connectivity index is 2.50. The van der Waals surface area contributed by atoms with E-state index in [4.69, 9.17) is 27.9 Å². The monoisotopic (exact) mass is 287 g/mol. The van der Waals surface area contributed by atoms with Crippen molar-refractivity contribution in [2.24, 2.45) is 0 Å². The minimum absolute atomic E-state index is 0.0365. The number of aromatic nitrogens is 3. The predicted octanol–water partition coefficient (Wildman–Crippen LogP) is 3.52. The summed E-state index contributed by atoms with van der Waals surface area (Å²) < 4.78 is 6.52. The van der Waals surface area contributed by atoms with E-state index < -0.39 is 11.7 Å². The van der Waals surface area contributed by atoms with Gasteiger partial charge in [-0.1, -0.05) is 11.6 Å². The van der Waals surface area contributed by atoms with E-state index in [1.54, 1.807) is 26.8 Å². The molecule has 2 aromatic heterocycles. The summed E-state index contributed by atoms with van der Waals surface area (Å²) in [5, 5.41) is 0.148. The Kier molecular flexibility index (Phi) is 3.21. The summed E-state index contributed by atoms with van der Waals surface area (Å²) in [6.45, 7) is 5.35. The maximum Gasteiger partial charge on any atom is 0.419 e. The highest BCUT2D eigenvalue weighted by Gasteiger charge is 2.21. The highest BCUT2D eigenvalue weighted by Crippen LogP contribution is 2.24. The molecule has 0 radical (unpaired) electrons. The number of fused-ring (bicyclic) bond motifs is 1. The second-order valence-corrected chi connectivity index (χ2v) is 5.38. The normalized spacial score (nSPS) is 11.8. The van der Waals surface area contributed by atoms with Crippen LogP contribution in [0.5, 0.6) is 0 Å². The molecule has 2 heterocycles. The first-order valence-corrected chi connectivity index (χ1v) is 5.97. The first kappa shape index (κ1) is 13.1. The number of nitrogens with zero attached hydrogens (tertiary/aromatic N) is 3. The molecule has 0 fully saturated rings. The summed E-state index contributed by atoms with van der Waals surface area (Å²) in [5.41, 5.74) is 0.286. The Morgan fingerprint density at radius 2 is 2.00 bits per heavy atom. The van der Waals surface area contributed by atoms with Crippen molar-refractivity contribution in [2.45, 2.75) is 26.4 Å². The van der Waals surface area contributed by atoms with Gasteiger partial charge in [0, 0.05) is 6.20 Å². The molecule has 96 valence electrons. The van der Waals surface area contributed by atoms with Gasteiger partial charge in [-0.15, -0.1) is 0 Å². The van der Waals surface area contributed by atoms with E-state index in [9.17, 15) is 4.79 Å². The number of carbonyl (C=O) groups is 1. The molecule has 5 nitrogen and oxygen atoms in total. The molecule has 7 heteroatoms. The summed E-state index contributed by atoms with van der Waals surface area (Å²) in [4.78, 5) is 19.7.